The topological polar surface area (TPSA) is 43.1 Å². The van der Waals surface area contributed by atoms with E-state index in [9.17, 15) is 4.79 Å². The number of nitrogen functional groups attached to an aromatic ring is 1. The van der Waals surface area contributed by atoms with Crippen molar-refractivity contribution in [1.82, 2.24) is 0 Å². The Bertz CT molecular complexity index is 714. The molecule has 0 radical (unpaired) electrons. The average molecular weight is 369 g/mol. The van der Waals surface area contributed by atoms with Crippen LogP contribution in [0, 0.1) is 0 Å². The lowest BCUT2D eigenvalue weighted by Gasteiger charge is -2.11. The smallest absolute Gasteiger partial charge is 0.198 e. The van der Waals surface area contributed by atoms with Gasteiger partial charge in [0.05, 0.1) is 25.7 Å². The molecule has 0 amide bonds. The predicted octanol–water partition coefficient (Wildman–Crippen LogP) is 5.77. The van der Waals surface area contributed by atoms with Crippen LogP contribution in [-0.2, 0) is 0 Å². The molecule has 0 bridgehead atoms. The molecule has 0 aliphatic heterocycles. The molecule has 2 N–H and O–H groups in total. The second kappa shape index (κ2) is 6.00. The predicted molar refractivity (Wildman–Crippen MR) is 85.8 cm³/mol. The van der Waals surface area contributed by atoms with Gasteiger partial charge in [-0.05, 0) is 24.3 Å². The van der Waals surface area contributed by atoms with Crippen LogP contribution in [0.25, 0.3) is 0 Å². The second-order valence-electron chi connectivity index (χ2n) is 3.90. The van der Waals surface area contributed by atoms with Gasteiger partial charge in [-0.25, -0.2) is 0 Å². The van der Waals surface area contributed by atoms with E-state index >= 15 is 0 Å². The Morgan fingerprint density at radius 2 is 1.55 bits per heavy atom. The van der Waals surface area contributed by atoms with Crippen LogP contribution in [0.2, 0.25) is 25.1 Å². The van der Waals surface area contributed by atoms with Crippen LogP contribution >= 0.6 is 58.0 Å². The first-order valence-corrected chi connectivity index (χ1v) is 7.14. The molecule has 0 unspecified atom stereocenters. The molecule has 0 saturated heterocycles. The molecule has 0 aromatic heterocycles. The summed E-state index contributed by atoms with van der Waals surface area (Å²) in [6.45, 7) is 0. The minimum absolute atomic E-state index is 0.0199. The van der Waals surface area contributed by atoms with Crippen LogP contribution in [0.3, 0.4) is 0 Å². The lowest BCUT2D eigenvalue weighted by atomic mass is 10.0. The van der Waals surface area contributed by atoms with Crippen molar-refractivity contribution in [3.8, 4) is 0 Å². The summed E-state index contributed by atoms with van der Waals surface area (Å²) in [4.78, 5) is 12.5. The van der Waals surface area contributed by atoms with Crippen molar-refractivity contribution in [1.29, 1.82) is 0 Å². The summed E-state index contributed by atoms with van der Waals surface area (Å²) in [5.74, 6) is -0.474. The summed E-state index contributed by atoms with van der Waals surface area (Å²) in [5.41, 5.74) is 6.27. The summed E-state index contributed by atoms with van der Waals surface area (Å²) in [6, 6.07) is 5.89. The standard InChI is InChI=1S/C13H6Cl5NO/c14-5-1-2-9(19)6(3-5)13(20)10-7(15)4-8(16)11(17)12(10)18/h1-4H,19H2. The summed E-state index contributed by atoms with van der Waals surface area (Å²) in [5, 5.41) is 0.663. The van der Waals surface area contributed by atoms with E-state index in [0.717, 1.165) is 0 Å². The van der Waals surface area contributed by atoms with Gasteiger partial charge in [0, 0.05) is 16.3 Å². The Kier molecular flexibility index (Phi) is 4.73. The van der Waals surface area contributed by atoms with Crippen LogP contribution < -0.4 is 5.73 Å². The van der Waals surface area contributed by atoms with Crippen molar-refractivity contribution in [2.75, 3.05) is 5.73 Å². The zero-order valence-electron chi connectivity index (χ0n) is 9.68. The van der Waals surface area contributed by atoms with Crippen molar-refractivity contribution in [3.63, 3.8) is 0 Å². The SMILES string of the molecule is Nc1ccc(Cl)cc1C(=O)c1c(Cl)cc(Cl)c(Cl)c1Cl. The lowest BCUT2D eigenvalue weighted by Crippen LogP contribution is -2.07. The minimum atomic E-state index is -0.474. The Morgan fingerprint density at radius 1 is 0.900 bits per heavy atom. The molecule has 7 heteroatoms. The van der Waals surface area contributed by atoms with Gasteiger partial charge < -0.3 is 5.73 Å². The maximum Gasteiger partial charge on any atom is 0.198 e. The first-order valence-electron chi connectivity index (χ1n) is 5.25. The maximum atomic E-state index is 12.5. The van der Waals surface area contributed by atoms with Gasteiger partial charge in [0.1, 0.15) is 0 Å². The van der Waals surface area contributed by atoms with Gasteiger partial charge in [-0.2, -0.15) is 0 Å². The number of nitrogens with two attached hydrogens (primary N) is 1. The minimum Gasteiger partial charge on any atom is -0.398 e. The Morgan fingerprint density at radius 3 is 2.20 bits per heavy atom. The molecule has 0 aliphatic carbocycles. The largest absolute Gasteiger partial charge is 0.398 e. The van der Waals surface area contributed by atoms with Gasteiger partial charge in [-0.3, -0.25) is 4.79 Å². The highest BCUT2D eigenvalue weighted by atomic mass is 35.5. The van der Waals surface area contributed by atoms with E-state index in [1.165, 1.54) is 18.2 Å². The van der Waals surface area contributed by atoms with Crippen molar-refractivity contribution in [3.05, 3.63) is 60.5 Å². The van der Waals surface area contributed by atoms with Crippen LogP contribution in [0.1, 0.15) is 15.9 Å². The first kappa shape index (κ1) is 15.7. The van der Waals surface area contributed by atoms with Gasteiger partial charge in [0.25, 0.3) is 0 Å². The summed E-state index contributed by atoms with van der Waals surface area (Å²) in [6.07, 6.45) is 0. The van der Waals surface area contributed by atoms with E-state index in [-0.39, 0.29) is 36.9 Å². The highest BCUT2D eigenvalue weighted by Crippen LogP contribution is 2.39. The molecule has 2 nitrogen and oxygen atoms in total. The summed E-state index contributed by atoms with van der Waals surface area (Å²) in [7, 11) is 0. The highest BCUT2D eigenvalue weighted by molar-refractivity contribution is 6.51. The molecule has 0 saturated carbocycles. The quantitative estimate of drug-likeness (QED) is 0.316. The van der Waals surface area contributed by atoms with E-state index in [1.807, 2.05) is 0 Å². The third-order valence-electron chi connectivity index (χ3n) is 2.60. The van der Waals surface area contributed by atoms with E-state index in [2.05, 4.69) is 0 Å². The second-order valence-corrected chi connectivity index (χ2v) is 5.91. The number of rotatable bonds is 2. The van der Waals surface area contributed by atoms with Crippen LogP contribution in [0.15, 0.2) is 24.3 Å². The number of hydrogen-bond donors (Lipinski definition) is 1. The number of carbonyl (C=O) groups is 1. The van der Waals surface area contributed by atoms with Crippen molar-refractivity contribution < 1.29 is 4.79 Å². The zero-order valence-corrected chi connectivity index (χ0v) is 13.5. The van der Waals surface area contributed by atoms with E-state index in [0.29, 0.717) is 5.02 Å². The van der Waals surface area contributed by atoms with Crippen LogP contribution in [0.5, 0.6) is 0 Å². The molecular weight excluding hydrogens is 363 g/mol. The van der Waals surface area contributed by atoms with Crippen LogP contribution in [-0.4, -0.2) is 5.78 Å². The summed E-state index contributed by atoms with van der Waals surface area (Å²) >= 11 is 29.7. The molecule has 2 aromatic carbocycles. The van der Waals surface area contributed by atoms with Crippen molar-refractivity contribution in [2.45, 2.75) is 0 Å². The summed E-state index contributed by atoms with van der Waals surface area (Å²) < 4.78 is 0. The van der Waals surface area contributed by atoms with E-state index < -0.39 is 5.78 Å². The first-order chi connectivity index (χ1) is 9.32. The van der Waals surface area contributed by atoms with Gasteiger partial charge in [-0.15, -0.1) is 0 Å². The zero-order chi connectivity index (χ0) is 15.0. The third kappa shape index (κ3) is 2.85. The molecule has 0 aliphatic rings. The molecule has 2 rings (SSSR count). The monoisotopic (exact) mass is 367 g/mol. The average Bonchev–Trinajstić information content (AvgIpc) is 2.39. The van der Waals surface area contributed by atoms with Gasteiger partial charge in [0.2, 0.25) is 0 Å². The maximum absolute atomic E-state index is 12.5. The van der Waals surface area contributed by atoms with E-state index in [1.54, 1.807) is 6.07 Å². The van der Waals surface area contributed by atoms with Gasteiger partial charge in [-0.1, -0.05) is 58.0 Å². The number of ketones is 1. The molecule has 20 heavy (non-hydrogen) atoms. The number of anilines is 1. The van der Waals surface area contributed by atoms with Gasteiger partial charge in [0.15, 0.2) is 5.78 Å². The molecule has 2 aromatic rings. The number of hydrogen-bond acceptors (Lipinski definition) is 2. The lowest BCUT2D eigenvalue weighted by molar-refractivity contribution is 0.104. The highest BCUT2D eigenvalue weighted by Gasteiger charge is 2.22. The normalized spacial score (nSPS) is 10.7. The Hall–Kier alpha value is -0.640. The van der Waals surface area contributed by atoms with E-state index in [4.69, 9.17) is 63.7 Å². The Labute approximate surface area is 140 Å². The number of halogens is 5. The molecular formula is C13H6Cl5NO. The Balaban J connectivity index is 2.66. The molecule has 0 spiro atoms. The molecule has 104 valence electrons. The van der Waals surface area contributed by atoms with Gasteiger partial charge >= 0.3 is 0 Å². The number of benzene rings is 2. The van der Waals surface area contributed by atoms with Crippen molar-refractivity contribution >= 4 is 69.5 Å². The molecule has 0 heterocycles. The fourth-order valence-electron chi connectivity index (χ4n) is 1.63. The molecule has 0 atom stereocenters. The number of carbonyl (C=O) groups excluding carboxylic acids is 1. The fourth-order valence-corrected chi connectivity index (χ4v) is 2.89. The molecule has 0 fully saturated rings. The fraction of sp³-hybridized carbons (Fsp3) is 0. The van der Waals surface area contributed by atoms with Crippen LogP contribution in [0.4, 0.5) is 5.69 Å². The third-order valence-corrected chi connectivity index (χ3v) is 4.40. The van der Waals surface area contributed by atoms with Crippen molar-refractivity contribution in [2.24, 2.45) is 0 Å².